The summed E-state index contributed by atoms with van der Waals surface area (Å²) in [6.45, 7) is 3.75. The van der Waals surface area contributed by atoms with Crippen molar-refractivity contribution >= 4 is 0 Å². The molecule has 0 aromatic heterocycles. The standard InChI is InChI=1S/C5H5F4/c1-3(2)4(6)5(7,8)9/h1H2,2H3. The van der Waals surface area contributed by atoms with Crippen LogP contribution in [0.25, 0.3) is 0 Å². The van der Waals surface area contributed by atoms with Gasteiger partial charge in [0.1, 0.15) is 0 Å². The van der Waals surface area contributed by atoms with Crippen molar-refractivity contribution in [2.45, 2.75) is 13.1 Å². The van der Waals surface area contributed by atoms with Crippen LogP contribution < -0.4 is 0 Å². The predicted octanol–water partition coefficient (Wildman–Crippen LogP) is 2.63. The summed E-state index contributed by atoms with van der Waals surface area (Å²) >= 11 is 0. The van der Waals surface area contributed by atoms with Crippen LogP contribution >= 0.6 is 0 Å². The fraction of sp³-hybridized carbons (Fsp3) is 0.400. The molecule has 0 rings (SSSR count). The first-order valence-corrected chi connectivity index (χ1v) is 2.11. The van der Waals surface area contributed by atoms with Crippen molar-refractivity contribution in [1.82, 2.24) is 0 Å². The molecule has 0 fully saturated rings. The van der Waals surface area contributed by atoms with E-state index in [9.17, 15) is 17.6 Å². The summed E-state index contributed by atoms with van der Waals surface area (Å²) in [4.78, 5) is 0. The van der Waals surface area contributed by atoms with E-state index in [1.54, 1.807) is 0 Å². The second-order valence-corrected chi connectivity index (χ2v) is 1.59. The third kappa shape index (κ3) is 2.49. The summed E-state index contributed by atoms with van der Waals surface area (Å²) in [6.07, 6.45) is -4.87. The molecule has 4 heteroatoms. The number of hydrogen-bond donors (Lipinski definition) is 0. The number of halogens is 4. The second kappa shape index (κ2) is 2.37. The van der Waals surface area contributed by atoms with Gasteiger partial charge in [-0.3, -0.25) is 0 Å². The van der Waals surface area contributed by atoms with Crippen LogP contribution in [0.15, 0.2) is 11.4 Å². The Balaban J connectivity index is 4.40. The van der Waals surface area contributed by atoms with Crippen molar-refractivity contribution in [3.05, 3.63) is 18.3 Å². The van der Waals surface area contributed by atoms with E-state index in [0.29, 0.717) is 0 Å². The molecule has 0 nitrogen and oxygen atoms in total. The van der Waals surface area contributed by atoms with Gasteiger partial charge in [0.25, 0.3) is 0 Å². The van der Waals surface area contributed by atoms with E-state index >= 15 is 0 Å². The maximum absolute atomic E-state index is 11.7. The van der Waals surface area contributed by atoms with Gasteiger partial charge in [0.05, 0.1) is 0 Å². The summed E-state index contributed by atoms with van der Waals surface area (Å²) in [6, 6.07) is 0. The van der Waals surface area contributed by atoms with Crippen LogP contribution in [-0.4, -0.2) is 6.18 Å². The van der Waals surface area contributed by atoms with E-state index < -0.39 is 17.6 Å². The zero-order valence-corrected chi connectivity index (χ0v) is 4.72. The molecule has 0 amide bonds. The molecule has 0 aromatic rings. The highest BCUT2D eigenvalue weighted by atomic mass is 19.4. The molecular formula is C5H5F4. The van der Waals surface area contributed by atoms with Gasteiger partial charge in [0, 0.05) is 0 Å². The minimum atomic E-state index is -4.87. The van der Waals surface area contributed by atoms with E-state index in [4.69, 9.17) is 0 Å². The Morgan fingerprint density at radius 3 is 1.67 bits per heavy atom. The lowest BCUT2D eigenvalue weighted by Gasteiger charge is -2.02. The maximum Gasteiger partial charge on any atom is 0.442 e. The number of hydrogen-bond acceptors (Lipinski definition) is 0. The lowest BCUT2D eigenvalue weighted by Crippen LogP contribution is -2.08. The molecule has 0 aromatic carbocycles. The lowest BCUT2D eigenvalue weighted by molar-refractivity contribution is -0.109. The minimum Gasteiger partial charge on any atom is -0.202 e. The van der Waals surface area contributed by atoms with Crippen molar-refractivity contribution in [1.29, 1.82) is 0 Å². The third-order valence-electron chi connectivity index (χ3n) is 0.624. The van der Waals surface area contributed by atoms with Gasteiger partial charge in [-0.1, -0.05) is 0 Å². The average Bonchev–Trinajstić information content (AvgIpc) is 1.62. The highest BCUT2D eigenvalue weighted by Crippen LogP contribution is 2.28. The number of alkyl halides is 3. The van der Waals surface area contributed by atoms with Crippen LogP contribution in [0.3, 0.4) is 0 Å². The monoisotopic (exact) mass is 141 g/mol. The highest BCUT2D eigenvalue weighted by Gasteiger charge is 2.35. The fourth-order valence-electron chi connectivity index (χ4n) is 0.242. The van der Waals surface area contributed by atoms with E-state index in [-0.39, 0.29) is 0 Å². The van der Waals surface area contributed by atoms with Gasteiger partial charge in [-0.05, 0) is 19.4 Å². The Hall–Kier alpha value is -0.540. The molecule has 9 heavy (non-hydrogen) atoms. The van der Waals surface area contributed by atoms with Gasteiger partial charge in [-0.25, -0.2) is 4.39 Å². The SMILES string of the molecule is [CH2]C(C)=C(F)C(F)(F)F. The summed E-state index contributed by atoms with van der Waals surface area (Å²) in [5.74, 6) is -2.11. The normalized spacial score (nSPS) is 15.3. The van der Waals surface area contributed by atoms with Crippen molar-refractivity contribution in [3.63, 3.8) is 0 Å². The Bertz CT molecular complexity index is 126. The van der Waals surface area contributed by atoms with Crippen LogP contribution in [-0.2, 0) is 0 Å². The maximum atomic E-state index is 11.7. The number of allylic oxidation sites excluding steroid dienone is 2. The van der Waals surface area contributed by atoms with Gasteiger partial charge in [0.2, 0.25) is 5.83 Å². The molecular weight excluding hydrogens is 136 g/mol. The van der Waals surface area contributed by atoms with Gasteiger partial charge >= 0.3 is 6.18 Å². The van der Waals surface area contributed by atoms with E-state index in [2.05, 4.69) is 6.92 Å². The zero-order valence-electron chi connectivity index (χ0n) is 4.72. The number of rotatable bonds is 0. The molecule has 0 saturated heterocycles. The minimum absolute atomic E-state index is 0.595. The highest BCUT2D eigenvalue weighted by molar-refractivity contribution is 5.11. The lowest BCUT2D eigenvalue weighted by atomic mass is 10.3. The van der Waals surface area contributed by atoms with Crippen LogP contribution in [0.4, 0.5) is 17.6 Å². The average molecular weight is 141 g/mol. The molecule has 0 bridgehead atoms. The molecule has 1 radical (unpaired) electrons. The molecule has 0 aliphatic rings. The van der Waals surface area contributed by atoms with Crippen molar-refractivity contribution in [3.8, 4) is 0 Å². The Morgan fingerprint density at radius 1 is 1.33 bits per heavy atom. The molecule has 0 atom stereocenters. The van der Waals surface area contributed by atoms with Gasteiger partial charge < -0.3 is 0 Å². The molecule has 0 heterocycles. The van der Waals surface area contributed by atoms with Crippen LogP contribution in [0.2, 0.25) is 0 Å². The Kier molecular flexibility index (Phi) is 2.23. The van der Waals surface area contributed by atoms with Gasteiger partial charge in [0.15, 0.2) is 0 Å². The first-order valence-electron chi connectivity index (χ1n) is 2.11. The zero-order chi connectivity index (χ0) is 7.65. The van der Waals surface area contributed by atoms with Gasteiger partial charge in [-0.15, -0.1) is 0 Å². The Morgan fingerprint density at radius 2 is 1.67 bits per heavy atom. The van der Waals surface area contributed by atoms with E-state index in [0.717, 1.165) is 6.92 Å². The van der Waals surface area contributed by atoms with Crippen molar-refractivity contribution < 1.29 is 17.6 Å². The van der Waals surface area contributed by atoms with E-state index in [1.165, 1.54) is 0 Å². The van der Waals surface area contributed by atoms with E-state index in [1.807, 2.05) is 0 Å². The quantitative estimate of drug-likeness (QED) is 0.455. The Labute approximate surface area is 50.2 Å². The third-order valence-corrected chi connectivity index (χ3v) is 0.624. The smallest absolute Gasteiger partial charge is 0.202 e. The van der Waals surface area contributed by atoms with Crippen molar-refractivity contribution in [2.75, 3.05) is 0 Å². The molecule has 0 aliphatic heterocycles. The fourth-order valence-corrected chi connectivity index (χ4v) is 0.242. The molecule has 53 valence electrons. The first kappa shape index (κ1) is 8.46. The summed E-state index contributed by atoms with van der Waals surface area (Å²) in [5.41, 5.74) is -0.595. The summed E-state index contributed by atoms with van der Waals surface area (Å²) < 4.78 is 45.4. The molecule has 0 aliphatic carbocycles. The topological polar surface area (TPSA) is 0 Å². The molecule has 0 spiro atoms. The second-order valence-electron chi connectivity index (χ2n) is 1.59. The summed E-state index contributed by atoms with van der Waals surface area (Å²) in [7, 11) is 0. The first-order chi connectivity index (χ1) is 3.85. The van der Waals surface area contributed by atoms with Crippen LogP contribution in [0.1, 0.15) is 6.92 Å². The largest absolute Gasteiger partial charge is 0.442 e. The molecule has 0 saturated carbocycles. The van der Waals surface area contributed by atoms with Crippen LogP contribution in [0.5, 0.6) is 0 Å². The molecule has 0 N–H and O–H groups in total. The summed E-state index contributed by atoms with van der Waals surface area (Å²) in [5, 5.41) is 0. The predicted molar refractivity (Wildman–Crippen MR) is 25.2 cm³/mol. The van der Waals surface area contributed by atoms with Gasteiger partial charge in [-0.2, -0.15) is 13.2 Å². The van der Waals surface area contributed by atoms with Crippen molar-refractivity contribution in [2.24, 2.45) is 0 Å². The molecule has 0 unspecified atom stereocenters. The van der Waals surface area contributed by atoms with Crippen LogP contribution in [0, 0.1) is 6.92 Å².